The van der Waals surface area contributed by atoms with Gasteiger partial charge in [0.1, 0.15) is 12.1 Å². The highest BCUT2D eigenvalue weighted by Gasteiger charge is 2.50. The van der Waals surface area contributed by atoms with Gasteiger partial charge in [-0.1, -0.05) is 6.07 Å². The van der Waals surface area contributed by atoms with E-state index < -0.39 is 17.5 Å². The molecule has 3 aliphatic heterocycles. The average Bonchev–Trinajstić information content (AvgIpc) is 3.21. The highest BCUT2D eigenvalue weighted by Crippen LogP contribution is 2.37. The second kappa shape index (κ2) is 6.17. The summed E-state index contributed by atoms with van der Waals surface area (Å²) in [6.45, 7) is 3.29. The Morgan fingerprint density at radius 3 is 2.69 bits per heavy atom. The molecule has 0 bridgehead atoms. The Morgan fingerprint density at radius 2 is 1.92 bits per heavy atom. The van der Waals surface area contributed by atoms with Crippen molar-refractivity contribution in [2.24, 2.45) is 0 Å². The molecule has 9 nitrogen and oxygen atoms in total. The van der Waals surface area contributed by atoms with E-state index in [4.69, 9.17) is 14.2 Å². The quantitative estimate of drug-likeness (QED) is 0.764. The molecule has 3 heterocycles. The topological polar surface area (TPSA) is 97.4 Å². The average molecular weight is 361 g/mol. The van der Waals surface area contributed by atoms with E-state index >= 15 is 0 Å². The predicted molar refractivity (Wildman–Crippen MR) is 87.6 cm³/mol. The molecule has 1 aromatic carbocycles. The van der Waals surface area contributed by atoms with Crippen LogP contribution in [0.25, 0.3) is 0 Å². The number of carbonyl (C=O) groups is 3. The van der Waals surface area contributed by atoms with E-state index in [0.29, 0.717) is 43.4 Å². The molecular formula is C17H19N3O6. The summed E-state index contributed by atoms with van der Waals surface area (Å²) >= 11 is 0. The van der Waals surface area contributed by atoms with Crippen molar-refractivity contribution in [3.05, 3.63) is 23.8 Å². The van der Waals surface area contributed by atoms with Crippen LogP contribution in [0, 0.1) is 0 Å². The van der Waals surface area contributed by atoms with Crippen molar-refractivity contribution in [3.8, 4) is 11.5 Å². The molecule has 1 N–H and O–H groups in total. The molecule has 1 atom stereocenters. The number of ether oxygens (including phenoxy) is 3. The van der Waals surface area contributed by atoms with Crippen molar-refractivity contribution in [2.45, 2.75) is 12.5 Å². The molecule has 1 aromatic rings. The number of imide groups is 1. The molecule has 0 unspecified atom stereocenters. The third-order valence-corrected chi connectivity index (χ3v) is 4.88. The van der Waals surface area contributed by atoms with Gasteiger partial charge in [-0.3, -0.25) is 14.5 Å². The summed E-state index contributed by atoms with van der Waals surface area (Å²) in [6.07, 6.45) is 0. The number of carbonyl (C=O) groups excluding carboxylic acids is 3. The number of nitrogens with one attached hydrogen (secondary N) is 1. The normalized spacial score (nSPS) is 24.8. The molecule has 9 heteroatoms. The van der Waals surface area contributed by atoms with E-state index in [1.54, 1.807) is 30.0 Å². The fourth-order valence-corrected chi connectivity index (χ4v) is 3.29. The fraction of sp³-hybridized carbons (Fsp3) is 0.471. The minimum Gasteiger partial charge on any atom is -0.454 e. The standard InChI is InChI=1S/C17H19N3O6/c1-17(11-2-3-12-13(8-11)26-10-25-12)15(22)20(16(23)18-17)9-14(21)19-4-6-24-7-5-19/h2-3,8H,4-7,9-10H2,1H3,(H,18,23)/t17-/m0/s1. The van der Waals surface area contributed by atoms with Gasteiger partial charge >= 0.3 is 6.03 Å². The van der Waals surface area contributed by atoms with Gasteiger partial charge in [-0.25, -0.2) is 4.79 Å². The highest BCUT2D eigenvalue weighted by atomic mass is 16.7. The van der Waals surface area contributed by atoms with Crippen molar-refractivity contribution >= 4 is 17.8 Å². The number of fused-ring (bicyclic) bond motifs is 1. The van der Waals surface area contributed by atoms with Crippen LogP contribution in [0.4, 0.5) is 4.79 Å². The van der Waals surface area contributed by atoms with Crippen LogP contribution in [0.3, 0.4) is 0 Å². The van der Waals surface area contributed by atoms with Gasteiger partial charge in [0.25, 0.3) is 5.91 Å². The third kappa shape index (κ3) is 2.64. The van der Waals surface area contributed by atoms with Crippen LogP contribution in [0.5, 0.6) is 11.5 Å². The molecule has 138 valence electrons. The van der Waals surface area contributed by atoms with Gasteiger partial charge in [0.05, 0.1) is 13.2 Å². The number of nitrogens with zero attached hydrogens (tertiary/aromatic N) is 2. The van der Waals surface area contributed by atoms with Gasteiger partial charge in [0.15, 0.2) is 11.5 Å². The lowest BCUT2D eigenvalue weighted by molar-refractivity contribution is -0.141. The summed E-state index contributed by atoms with van der Waals surface area (Å²) < 4.78 is 15.8. The maximum absolute atomic E-state index is 12.9. The Labute approximate surface area is 149 Å². The van der Waals surface area contributed by atoms with Gasteiger partial charge in [0, 0.05) is 13.1 Å². The number of rotatable bonds is 3. The predicted octanol–water partition coefficient (Wildman–Crippen LogP) is 0.0411. The van der Waals surface area contributed by atoms with Crippen LogP contribution in [-0.4, -0.2) is 67.3 Å². The molecule has 26 heavy (non-hydrogen) atoms. The Hall–Kier alpha value is -2.81. The lowest BCUT2D eigenvalue weighted by Crippen LogP contribution is -2.47. The van der Waals surface area contributed by atoms with Gasteiger partial charge in [-0.2, -0.15) is 0 Å². The van der Waals surface area contributed by atoms with E-state index in [1.165, 1.54) is 0 Å². The van der Waals surface area contributed by atoms with E-state index in [9.17, 15) is 14.4 Å². The Balaban J connectivity index is 1.53. The fourth-order valence-electron chi connectivity index (χ4n) is 3.29. The second-order valence-electron chi connectivity index (χ2n) is 6.51. The number of urea groups is 1. The molecule has 2 saturated heterocycles. The first-order valence-electron chi connectivity index (χ1n) is 8.39. The molecule has 4 rings (SSSR count). The van der Waals surface area contributed by atoms with Crippen molar-refractivity contribution in [1.82, 2.24) is 15.1 Å². The molecular weight excluding hydrogens is 342 g/mol. The summed E-state index contributed by atoms with van der Waals surface area (Å²) in [5, 5.41) is 2.69. The lowest BCUT2D eigenvalue weighted by atomic mass is 9.91. The van der Waals surface area contributed by atoms with Gasteiger partial charge in [0.2, 0.25) is 12.7 Å². The number of benzene rings is 1. The van der Waals surface area contributed by atoms with E-state index in [2.05, 4.69) is 5.32 Å². The number of hydrogen-bond donors (Lipinski definition) is 1. The number of amides is 4. The minimum absolute atomic E-state index is 0.121. The molecule has 0 aromatic heterocycles. The molecule has 0 radical (unpaired) electrons. The van der Waals surface area contributed by atoms with Crippen LogP contribution >= 0.6 is 0 Å². The third-order valence-electron chi connectivity index (χ3n) is 4.88. The first-order chi connectivity index (χ1) is 12.5. The van der Waals surface area contributed by atoms with Gasteiger partial charge in [-0.05, 0) is 24.6 Å². The van der Waals surface area contributed by atoms with Crippen LogP contribution < -0.4 is 14.8 Å². The van der Waals surface area contributed by atoms with E-state index in [1.807, 2.05) is 0 Å². The van der Waals surface area contributed by atoms with Crippen molar-refractivity contribution in [2.75, 3.05) is 39.6 Å². The Morgan fingerprint density at radius 1 is 1.19 bits per heavy atom. The zero-order valence-corrected chi connectivity index (χ0v) is 14.3. The summed E-state index contributed by atoms with van der Waals surface area (Å²) in [6, 6.07) is 4.49. The molecule has 0 aliphatic carbocycles. The van der Waals surface area contributed by atoms with Crippen LogP contribution in [0.1, 0.15) is 12.5 Å². The Kier molecular flexibility index (Phi) is 3.95. The first kappa shape index (κ1) is 16.6. The summed E-state index contributed by atoms with van der Waals surface area (Å²) in [7, 11) is 0. The highest BCUT2D eigenvalue weighted by molar-refractivity contribution is 6.09. The molecule has 4 amide bonds. The number of morpholine rings is 1. The lowest BCUT2D eigenvalue weighted by Gasteiger charge is -2.28. The monoisotopic (exact) mass is 361 g/mol. The van der Waals surface area contributed by atoms with Crippen molar-refractivity contribution in [1.29, 1.82) is 0 Å². The zero-order valence-electron chi connectivity index (χ0n) is 14.3. The zero-order chi connectivity index (χ0) is 18.3. The largest absolute Gasteiger partial charge is 0.454 e. The summed E-state index contributed by atoms with van der Waals surface area (Å²) in [5.74, 6) is 0.372. The maximum Gasteiger partial charge on any atom is 0.325 e. The van der Waals surface area contributed by atoms with Crippen molar-refractivity contribution < 1.29 is 28.6 Å². The van der Waals surface area contributed by atoms with E-state index in [-0.39, 0.29) is 19.2 Å². The summed E-state index contributed by atoms with van der Waals surface area (Å²) in [5.41, 5.74) is -0.690. The second-order valence-corrected chi connectivity index (χ2v) is 6.51. The van der Waals surface area contributed by atoms with Gasteiger partial charge < -0.3 is 24.4 Å². The molecule has 0 saturated carbocycles. The van der Waals surface area contributed by atoms with Crippen LogP contribution in [0.2, 0.25) is 0 Å². The van der Waals surface area contributed by atoms with Crippen molar-refractivity contribution in [3.63, 3.8) is 0 Å². The minimum atomic E-state index is -1.26. The Bertz CT molecular complexity index is 776. The molecule has 2 fully saturated rings. The van der Waals surface area contributed by atoms with Crippen LogP contribution in [0.15, 0.2) is 18.2 Å². The van der Waals surface area contributed by atoms with Gasteiger partial charge in [-0.15, -0.1) is 0 Å². The van der Waals surface area contributed by atoms with E-state index in [0.717, 1.165) is 4.90 Å². The smallest absolute Gasteiger partial charge is 0.325 e. The SMILES string of the molecule is C[C@@]1(c2ccc3c(c2)OCO3)NC(=O)N(CC(=O)N2CCOCC2)C1=O. The molecule has 0 spiro atoms. The number of hydrogen-bond acceptors (Lipinski definition) is 6. The van der Waals surface area contributed by atoms with Crippen LogP contribution in [-0.2, 0) is 19.9 Å². The first-order valence-corrected chi connectivity index (χ1v) is 8.39. The summed E-state index contributed by atoms with van der Waals surface area (Å²) in [4.78, 5) is 40.3. The molecule has 3 aliphatic rings. The maximum atomic E-state index is 12.9.